The molecule has 7 nitrogen and oxygen atoms in total. The summed E-state index contributed by atoms with van der Waals surface area (Å²) in [6.45, 7) is 7.10. The molecule has 0 radical (unpaired) electrons. The number of hydrogen-bond donors (Lipinski definition) is 0. The number of piperidine rings is 1. The van der Waals surface area contributed by atoms with Crippen LogP contribution in [0.3, 0.4) is 0 Å². The molecule has 3 aliphatic heterocycles. The Bertz CT molecular complexity index is 980. The third-order valence-corrected chi connectivity index (χ3v) is 7.43. The van der Waals surface area contributed by atoms with Crippen molar-refractivity contribution in [1.82, 2.24) is 9.80 Å². The van der Waals surface area contributed by atoms with Gasteiger partial charge in [0, 0.05) is 26.1 Å². The first-order chi connectivity index (χ1) is 16.6. The first kappa shape index (κ1) is 25.3. The number of carbonyl (C=O) groups excluding carboxylic acids is 3. The maximum atomic E-state index is 14.2. The third kappa shape index (κ3) is 5.24. The van der Waals surface area contributed by atoms with Crippen molar-refractivity contribution in [2.24, 2.45) is 11.3 Å². The van der Waals surface area contributed by atoms with Gasteiger partial charge in [-0.1, -0.05) is 24.3 Å². The zero-order valence-electron chi connectivity index (χ0n) is 21.4. The zero-order valence-corrected chi connectivity index (χ0v) is 21.4. The summed E-state index contributed by atoms with van der Waals surface area (Å²) in [4.78, 5) is 44.7. The minimum Gasteiger partial charge on any atom is -0.497 e. The quantitative estimate of drug-likeness (QED) is 0.359. The first-order valence-electron chi connectivity index (χ1n) is 12.8. The van der Waals surface area contributed by atoms with Crippen molar-refractivity contribution in [2.45, 2.75) is 77.5 Å². The van der Waals surface area contributed by atoms with Crippen molar-refractivity contribution in [1.29, 1.82) is 0 Å². The number of esters is 1. The van der Waals surface area contributed by atoms with Crippen LogP contribution in [0.15, 0.2) is 36.4 Å². The van der Waals surface area contributed by atoms with E-state index in [4.69, 9.17) is 9.47 Å². The van der Waals surface area contributed by atoms with Gasteiger partial charge in [0.2, 0.25) is 11.8 Å². The van der Waals surface area contributed by atoms with Crippen molar-refractivity contribution >= 4 is 17.8 Å². The van der Waals surface area contributed by atoms with Gasteiger partial charge in [0.1, 0.15) is 16.8 Å². The van der Waals surface area contributed by atoms with E-state index in [1.54, 1.807) is 12.0 Å². The fraction of sp³-hybridized carbons (Fsp3) is 0.607. The summed E-state index contributed by atoms with van der Waals surface area (Å²) in [7, 11) is 1.62. The normalized spacial score (nSPS) is 27.9. The van der Waals surface area contributed by atoms with Crippen LogP contribution < -0.4 is 4.74 Å². The molecule has 0 aromatic heterocycles. The van der Waals surface area contributed by atoms with Gasteiger partial charge in [0.25, 0.3) is 0 Å². The number of likely N-dealkylation sites (tertiary alicyclic amines) is 1. The predicted octanol–water partition coefficient (Wildman–Crippen LogP) is 4.10. The molecule has 1 aromatic rings. The van der Waals surface area contributed by atoms with Crippen LogP contribution in [0.25, 0.3) is 0 Å². The number of nitrogens with zero attached hydrogens (tertiary/aromatic N) is 2. The Kier molecular flexibility index (Phi) is 7.25. The summed E-state index contributed by atoms with van der Waals surface area (Å²) in [5.74, 6) is -0.230. The second-order valence-corrected chi connectivity index (χ2v) is 11.0. The standard InChI is InChI=1S/C28H38N2O5/c1-27(2,3)35-24(31)17-21-14-16-29(19-20-10-12-23(34-4)13-11-20)25(32)28(21)18-22-9-7-5-6-8-15-30(22)26(28)33/h7,9-13,21-22H,5-6,8,14-19H2,1-4H3/b9-7-/t21-,22-,28+/m0/s1. The van der Waals surface area contributed by atoms with E-state index in [9.17, 15) is 14.4 Å². The van der Waals surface area contributed by atoms with E-state index in [1.165, 1.54) is 0 Å². The lowest BCUT2D eigenvalue weighted by Crippen LogP contribution is -2.57. The van der Waals surface area contributed by atoms with Crippen LogP contribution in [-0.4, -0.2) is 59.4 Å². The third-order valence-electron chi connectivity index (χ3n) is 7.43. The van der Waals surface area contributed by atoms with Gasteiger partial charge in [-0.2, -0.15) is 0 Å². The summed E-state index contributed by atoms with van der Waals surface area (Å²) in [5.41, 5.74) is -0.850. The number of allylic oxidation sites excluding steroid dienone is 1. The number of amides is 2. The van der Waals surface area contributed by atoms with Crippen LogP contribution in [0.5, 0.6) is 5.75 Å². The lowest BCUT2D eigenvalue weighted by atomic mass is 9.66. The molecule has 7 heteroatoms. The minimum absolute atomic E-state index is 0.0788. The molecule has 1 spiro atoms. The average Bonchev–Trinajstić information content (AvgIpc) is 3.04. The molecule has 3 heterocycles. The first-order valence-corrected chi connectivity index (χ1v) is 12.8. The van der Waals surface area contributed by atoms with Crippen LogP contribution in [0.4, 0.5) is 0 Å². The van der Waals surface area contributed by atoms with Crippen molar-refractivity contribution in [3.8, 4) is 5.75 Å². The van der Waals surface area contributed by atoms with Gasteiger partial charge in [-0.05, 0) is 76.5 Å². The summed E-state index contributed by atoms with van der Waals surface area (Å²) >= 11 is 0. The van der Waals surface area contributed by atoms with Crippen LogP contribution in [0, 0.1) is 11.3 Å². The molecule has 3 atom stereocenters. The molecule has 2 amide bonds. The lowest BCUT2D eigenvalue weighted by Gasteiger charge is -2.43. The molecule has 2 saturated heterocycles. The van der Waals surface area contributed by atoms with E-state index >= 15 is 0 Å². The van der Waals surface area contributed by atoms with Gasteiger partial charge < -0.3 is 19.3 Å². The number of rotatable bonds is 5. The van der Waals surface area contributed by atoms with E-state index in [0.717, 1.165) is 30.6 Å². The molecule has 0 unspecified atom stereocenters. The van der Waals surface area contributed by atoms with Crippen molar-refractivity contribution in [2.75, 3.05) is 20.2 Å². The molecule has 0 saturated carbocycles. The molecule has 0 N–H and O–H groups in total. The molecule has 35 heavy (non-hydrogen) atoms. The van der Waals surface area contributed by atoms with Gasteiger partial charge in [-0.3, -0.25) is 14.4 Å². The Labute approximate surface area is 208 Å². The van der Waals surface area contributed by atoms with E-state index in [1.807, 2.05) is 49.9 Å². The monoisotopic (exact) mass is 482 g/mol. The van der Waals surface area contributed by atoms with E-state index in [0.29, 0.717) is 32.5 Å². The number of hydrogen-bond acceptors (Lipinski definition) is 5. The molecule has 2 fully saturated rings. The van der Waals surface area contributed by atoms with E-state index in [2.05, 4.69) is 12.2 Å². The Balaban J connectivity index is 1.64. The molecule has 3 aliphatic rings. The highest BCUT2D eigenvalue weighted by Crippen LogP contribution is 2.50. The molecule has 1 aromatic carbocycles. The predicted molar refractivity (Wildman–Crippen MR) is 133 cm³/mol. The summed E-state index contributed by atoms with van der Waals surface area (Å²) < 4.78 is 10.9. The molecular weight excluding hydrogens is 444 g/mol. The summed E-state index contributed by atoms with van der Waals surface area (Å²) in [5, 5.41) is 0. The molecular formula is C28H38N2O5. The Morgan fingerprint density at radius 3 is 2.51 bits per heavy atom. The van der Waals surface area contributed by atoms with Gasteiger partial charge in [0.15, 0.2) is 0 Å². The van der Waals surface area contributed by atoms with Crippen LogP contribution >= 0.6 is 0 Å². The molecule has 4 rings (SSSR count). The number of methoxy groups -OCH3 is 1. The lowest BCUT2D eigenvalue weighted by molar-refractivity contribution is -0.166. The average molecular weight is 483 g/mol. The summed E-state index contributed by atoms with van der Waals surface area (Å²) in [6.07, 6.45) is 8.26. The van der Waals surface area contributed by atoms with E-state index < -0.39 is 11.0 Å². The SMILES string of the molecule is COc1ccc(CN2CC[C@@H](CC(=O)OC(C)(C)C)[C@]3(C[C@@H]4/C=C\CCCCN4C3=O)C2=O)cc1. The van der Waals surface area contributed by atoms with Crippen LogP contribution in [0.2, 0.25) is 0 Å². The van der Waals surface area contributed by atoms with Gasteiger partial charge in [0.05, 0.1) is 13.2 Å². The fourth-order valence-electron chi connectivity index (χ4n) is 5.77. The van der Waals surface area contributed by atoms with Crippen LogP contribution in [0.1, 0.15) is 64.9 Å². The smallest absolute Gasteiger partial charge is 0.306 e. The number of benzene rings is 1. The Morgan fingerprint density at radius 2 is 1.83 bits per heavy atom. The van der Waals surface area contributed by atoms with Crippen LogP contribution in [-0.2, 0) is 25.7 Å². The Hall–Kier alpha value is -2.83. The summed E-state index contributed by atoms with van der Waals surface area (Å²) in [6, 6.07) is 7.55. The van der Waals surface area contributed by atoms with Crippen molar-refractivity contribution < 1.29 is 23.9 Å². The minimum atomic E-state index is -1.22. The maximum Gasteiger partial charge on any atom is 0.306 e. The largest absolute Gasteiger partial charge is 0.497 e. The Morgan fingerprint density at radius 1 is 1.09 bits per heavy atom. The number of ether oxygens (including phenoxy) is 2. The second-order valence-electron chi connectivity index (χ2n) is 11.0. The number of fused-ring (bicyclic) bond motifs is 1. The second kappa shape index (κ2) is 10.0. The van der Waals surface area contributed by atoms with Gasteiger partial charge in [-0.25, -0.2) is 0 Å². The van der Waals surface area contributed by atoms with E-state index in [-0.39, 0.29) is 36.2 Å². The van der Waals surface area contributed by atoms with Gasteiger partial charge in [-0.15, -0.1) is 0 Å². The highest BCUT2D eigenvalue weighted by molar-refractivity contribution is 6.08. The molecule has 0 aliphatic carbocycles. The zero-order chi connectivity index (χ0) is 25.2. The molecule has 190 valence electrons. The van der Waals surface area contributed by atoms with Crippen molar-refractivity contribution in [3.05, 3.63) is 42.0 Å². The topological polar surface area (TPSA) is 76.2 Å². The molecule has 0 bridgehead atoms. The maximum absolute atomic E-state index is 14.2. The number of carbonyl (C=O) groups is 3. The van der Waals surface area contributed by atoms with Gasteiger partial charge >= 0.3 is 5.97 Å². The fourth-order valence-corrected chi connectivity index (χ4v) is 5.77. The highest BCUT2D eigenvalue weighted by atomic mass is 16.6. The van der Waals surface area contributed by atoms with Crippen molar-refractivity contribution in [3.63, 3.8) is 0 Å². The highest BCUT2D eigenvalue weighted by Gasteiger charge is 2.63.